The van der Waals surface area contributed by atoms with Crippen LogP contribution in [0.4, 0.5) is 10.1 Å². The van der Waals surface area contributed by atoms with E-state index in [0.717, 1.165) is 6.07 Å². The second kappa shape index (κ2) is 8.48. The van der Waals surface area contributed by atoms with E-state index in [-0.39, 0.29) is 30.5 Å². The van der Waals surface area contributed by atoms with Gasteiger partial charge >= 0.3 is 0 Å². The lowest BCUT2D eigenvalue weighted by Gasteiger charge is -2.17. The summed E-state index contributed by atoms with van der Waals surface area (Å²) < 4.78 is 23.8. The van der Waals surface area contributed by atoms with Crippen LogP contribution in [0.15, 0.2) is 18.2 Å². The van der Waals surface area contributed by atoms with Gasteiger partial charge in [-0.25, -0.2) is 4.39 Å². The SMILES string of the molecule is COCC(C)OCC(O)CNc1ccc(C#N)cc1F. The van der Waals surface area contributed by atoms with Crippen molar-refractivity contribution in [3.63, 3.8) is 0 Å². The van der Waals surface area contributed by atoms with Gasteiger partial charge in [-0.05, 0) is 25.1 Å². The third-order valence-electron chi connectivity index (χ3n) is 2.60. The number of hydrogen-bond acceptors (Lipinski definition) is 5. The molecule has 0 saturated heterocycles. The molecular formula is C14H19FN2O3. The van der Waals surface area contributed by atoms with Crippen molar-refractivity contribution in [2.75, 3.05) is 32.2 Å². The third-order valence-corrected chi connectivity index (χ3v) is 2.60. The number of aliphatic hydroxyl groups is 1. The predicted octanol–water partition coefficient (Wildman–Crippen LogP) is 1.52. The molecule has 0 aliphatic heterocycles. The summed E-state index contributed by atoms with van der Waals surface area (Å²) in [4.78, 5) is 0. The Labute approximate surface area is 117 Å². The number of nitrogens with zero attached hydrogens (tertiary/aromatic N) is 1. The molecule has 0 aliphatic rings. The zero-order valence-corrected chi connectivity index (χ0v) is 11.6. The molecule has 2 unspecified atom stereocenters. The second-order valence-corrected chi connectivity index (χ2v) is 4.44. The number of ether oxygens (including phenoxy) is 2. The van der Waals surface area contributed by atoms with Gasteiger partial charge in [0.25, 0.3) is 0 Å². The van der Waals surface area contributed by atoms with Gasteiger partial charge in [0.05, 0.1) is 42.7 Å². The Kier molecular flexibility index (Phi) is 6.94. The Bertz CT molecular complexity index is 462. The molecular weight excluding hydrogens is 263 g/mol. The van der Waals surface area contributed by atoms with Crippen LogP contribution in [0, 0.1) is 17.1 Å². The molecule has 0 amide bonds. The van der Waals surface area contributed by atoms with Crippen molar-refractivity contribution in [2.24, 2.45) is 0 Å². The highest BCUT2D eigenvalue weighted by Crippen LogP contribution is 2.15. The molecule has 0 fully saturated rings. The minimum absolute atomic E-state index is 0.110. The lowest BCUT2D eigenvalue weighted by molar-refractivity contribution is -0.0282. The van der Waals surface area contributed by atoms with Gasteiger partial charge in [0.15, 0.2) is 0 Å². The van der Waals surface area contributed by atoms with Gasteiger partial charge in [-0.3, -0.25) is 0 Å². The fourth-order valence-corrected chi connectivity index (χ4v) is 1.57. The van der Waals surface area contributed by atoms with Gasteiger partial charge in [-0.1, -0.05) is 0 Å². The van der Waals surface area contributed by atoms with E-state index in [4.69, 9.17) is 14.7 Å². The van der Waals surface area contributed by atoms with Crippen LogP contribution in [0.5, 0.6) is 0 Å². The van der Waals surface area contributed by atoms with Crippen LogP contribution in [0.2, 0.25) is 0 Å². The topological polar surface area (TPSA) is 74.5 Å². The normalized spacial score (nSPS) is 13.6. The molecule has 0 aliphatic carbocycles. The highest BCUT2D eigenvalue weighted by Gasteiger charge is 2.09. The number of benzene rings is 1. The van der Waals surface area contributed by atoms with Gasteiger partial charge in [0.1, 0.15) is 5.82 Å². The van der Waals surface area contributed by atoms with Crippen LogP contribution in [-0.2, 0) is 9.47 Å². The average Bonchev–Trinajstić information content (AvgIpc) is 2.44. The smallest absolute Gasteiger partial charge is 0.147 e. The summed E-state index contributed by atoms with van der Waals surface area (Å²) in [5.74, 6) is -0.523. The Morgan fingerprint density at radius 3 is 2.80 bits per heavy atom. The summed E-state index contributed by atoms with van der Waals surface area (Å²) in [6.07, 6.45) is -0.870. The maximum absolute atomic E-state index is 13.6. The Morgan fingerprint density at radius 2 is 2.20 bits per heavy atom. The predicted molar refractivity (Wildman–Crippen MR) is 72.9 cm³/mol. The lowest BCUT2D eigenvalue weighted by atomic mass is 10.2. The van der Waals surface area contributed by atoms with Crippen molar-refractivity contribution in [2.45, 2.75) is 19.1 Å². The summed E-state index contributed by atoms with van der Waals surface area (Å²) >= 11 is 0. The molecule has 0 aromatic heterocycles. The number of halogens is 1. The third kappa shape index (κ3) is 5.53. The van der Waals surface area contributed by atoms with Crippen molar-refractivity contribution >= 4 is 5.69 Å². The first kappa shape index (κ1) is 16.4. The monoisotopic (exact) mass is 282 g/mol. The van der Waals surface area contributed by atoms with Gasteiger partial charge in [0.2, 0.25) is 0 Å². The van der Waals surface area contributed by atoms with Crippen molar-refractivity contribution in [3.05, 3.63) is 29.6 Å². The number of methoxy groups -OCH3 is 1. The fraction of sp³-hybridized carbons (Fsp3) is 0.500. The standard InChI is InChI=1S/C14H19FN2O3/c1-10(8-19-2)20-9-12(18)7-17-14-4-3-11(6-16)5-13(14)15/h3-5,10,12,17-18H,7-9H2,1-2H3. The lowest BCUT2D eigenvalue weighted by Crippen LogP contribution is -2.28. The summed E-state index contributed by atoms with van der Waals surface area (Å²) in [7, 11) is 1.57. The molecule has 20 heavy (non-hydrogen) atoms. The number of hydrogen-bond donors (Lipinski definition) is 2. The maximum atomic E-state index is 13.6. The maximum Gasteiger partial charge on any atom is 0.147 e. The first-order valence-corrected chi connectivity index (χ1v) is 6.29. The van der Waals surface area contributed by atoms with E-state index in [9.17, 15) is 9.50 Å². The molecule has 0 spiro atoms. The summed E-state index contributed by atoms with van der Waals surface area (Å²) in [6, 6.07) is 5.98. The van der Waals surface area contributed by atoms with Crippen LogP contribution < -0.4 is 5.32 Å². The zero-order valence-electron chi connectivity index (χ0n) is 11.6. The second-order valence-electron chi connectivity index (χ2n) is 4.44. The molecule has 0 bridgehead atoms. The summed E-state index contributed by atoms with van der Waals surface area (Å²) in [5, 5.41) is 21.1. The molecule has 6 heteroatoms. The Morgan fingerprint density at radius 1 is 1.45 bits per heavy atom. The fourth-order valence-electron chi connectivity index (χ4n) is 1.57. The summed E-state index contributed by atoms with van der Waals surface area (Å²) in [5.41, 5.74) is 0.498. The first-order chi connectivity index (χ1) is 9.56. The van der Waals surface area contributed by atoms with Gasteiger partial charge in [-0.2, -0.15) is 5.26 Å². The molecule has 2 atom stereocenters. The van der Waals surface area contributed by atoms with Crippen molar-refractivity contribution < 1.29 is 19.0 Å². The molecule has 2 N–H and O–H groups in total. The van der Waals surface area contributed by atoms with Crippen LogP contribution in [0.3, 0.4) is 0 Å². The zero-order chi connectivity index (χ0) is 15.0. The molecule has 1 rings (SSSR count). The van der Waals surface area contributed by atoms with Crippen LogP contribution >= 0.6 is 0 Å². The molecule has 1 aromatic carbocycles. The van der Waals surface area contributed by atoms with E-state index in [1.807, 2.05) is 13.0 Å². The van der Waals surface area contributed by atoms with Gasteiger partial charge in [-0.15, -0.1) is 0 Å². The molecule has 0 saturated carbocycles. The van der Waals surface area contributed by atoms with E-state index < -0.39 is 11.9 Å². The molecule has 0 heterocycles. The molecule has 110 valence electrons. The Balaban J connectivity index is 2.37. The van der Waals surface area contributed by atoms with Crippen molar-refractivity contribution in [1.82, 2.24) is 0 Å². The van der Waals surface area contributed by atoms with E-state index in [2.05, 4.69) is 5.32 Å². The number of aliphatic hydroxyl groups excluding tert-OH is 1. The van der Waals surface area contributed by atoms with E-state index in [1.165, 1.54) is 12.1 Å². The first-order valence-electron chi connectivity index (χ1n) is 6.29. The van der Waals surface area contributed by atoms with Crippen molar-refractivity contribution in [3.8, 4) is 6.07 Å². The number of nitriles is 1. The number of anilines is 1. The van der Waals surface area contributed by atoms with Gasteiger partial charge < -0.3 is 19.9 Å². The van der Waals surface area contributed by atoms with E-state index in [1.54, 1.807) is 7.11 Å². The summed E-state index contributed by atoms with van der Waals surface area (Å²) in [6.45, 7) is 2.58. The molecule has 1 aromatic rings. The van der Waals surface area contributed by atoms with Crippen molar-refractivity contribution in [1.29, 1.82) is 5.26 Å². The van der Waals surface area contributed by atoms with E-state index >= 15 is 0 Å². The quantitative estimate of drug-likeness (QED) is 0.756. The molecule has 0 radical (unpaired) electrons. The highest BCUT2D eigenvalue weighted by molar-refractivity contribution is 5.48. The average molecular weight is 282 g/mol. The number of nitrogens with one attached hydrogen (secondary N) is 1. The largest absolute Gasteiger partial charge is 0.389 e. The van der Waals surface area contributed by atoms with Crippen LogP contribution in [0.25, 0.3) is 0 Å². The Hall–Kier alpha value is -1.68. The number of rotatable bonds is 8. The molecule has 5 nitrogen and oxygen atoms in total. The van der Waals surface area contributed by atoms with Gasteiger partial charge in [0, 0.05) is 13.7 Å². The highest BCUT2D eigenvalue weighted by atomic mass is 19.1. The van der Waals surface area contributed by atoms with E-state index in [0.29, 0.717) is 6.61 Å². The van der Waals surface area contributed by atoms with Crippen LogP contribution in [0.1, 0.15) is 12.5 Å². The van der Waals surface area contributed by atoms with Crippen LogP contribution in [-0.4, -0.2) is 44.2 Å². The minimum atomic E-state index is -0.760. The minimum Gasteiger partial charge on any atom is -0.389 e.